The van der Waals surface area contributed by atoms with Crippen LogP contribution in [0.3, 0.4) is 0 Å². The monoisotopic (exact) mass is 260 g/mol. The van der Waals surface area contributed by atoms with Gasteiger partial charge in [0.15, 0.2) is 0 Å². The number of aryl methyl sites for hydroxylation is 1. The Hall–Kier alpha value is -1.02. The van der Waals surface area contributed by atoms with Crippen molar-refractivity contribution in [2.24, 2.45) is 17.6 Å². The molecule has 0 saturated heterocycles. The third-order valence-electron chi connectivity index (χ3n) is 4.51. The van der Waals surface area contributed by atoms with E-state index in [1.165, 1.54) is 30.5 Å². The molecule has 0 radical (unpaired) electrons. The summed E-state index contributed by atoms with van der Waals surface area (Å²) in [7, 11) is 0. The van der Waals surface area contributed by atoms with Gasteiger partial charge in [0.2, 0.25) is 0 Å². The van der Waals surface area contributed by atoms with E-state index < -0.39 is 0 Å². The first-order chi connectivity index (χ1) is 9.10. The average Bonchev–Trinajstić information content (AvgIpc) is 2.39. The van der Waals surface area contributed by atoms with Crippen LogP contribution in [0.15, 0.2) is 24.3 Å². The molecule has 0 amide bonds. The molecular formula is C17H28N2. The van der Waals surface area contributed by atoms with Gasteiger partial charge in [0, 0.05) is 24.8 Å². The highest BCUT2D eigenvalue weighted by atomic mass is 15.1. The topological polar surface area (TPSA) is 29.3 Å². The van der Waals surface area contributed by atoms with Crippen molar-refractivity contribution in [1.29, 1.82) is 0 Å². The van der Waals surface area contributed by atoms with Gasteiger partial charge in [0.25, 0.3) is 0 Å². The van der Waals surface area contributed by atoms with Crippen LogP contribution in [0.2, 0.25) is 0 Å². The number of nitrogens with zero attached hydrogens (tertiary/aromatic N) is 1. The van der Waals surface area contributed by atoms with Crippen LogP contribution in [0.1, 0.15) is 38.7 Å². The molecule has 2 heteroatoms. The summed E-state index contributed by atoms with van der Waals surface area (Å²) in [4.78, 5) is 2.48. The summed E-state index contributed by atoms with van der Waals surface area (Å²) in [5.41, 5.74) is 9.00. The van der Waals surface area contributed by atoms with Crippen molar-refractivity contribution in [3.63, 3.8) is 0 Å². The fourth-order valence-electron chi connectivity index (χ4n) is 3.26. The Bertz CT molecular complexity index is 402. The number of hydrogen-bond acceptors (Lipinski definition) is 2. The lowest BCUT2D eigenvalue weighted by atomic mass is 9.79. The van der Waals surface area contributed by atoms with Crippen LogP contribution in [0.25, 0.3) is 0 Å². The van der Waals surface area contributed by atoms with E-state index >= 15 is 0 Å². The molecule has 0 heterocycles. The van der Waals surface area contributed by atoms with E-state index in [4.69, 9.17) is 5.73 Å². The van der Waals surface area contributed by atoms with Gasteiger partial charge in [-0.1, -0.05) is 19.1 Å². The van der Waals surface area contributed by atoms with Gasteiger partial charge in [-0.15, -0.1) is 0 Å². The maximum atomic E-state index is 6.33. The van der Waals surface area contributed by atoms with Crippen LogP contribution in [0.4, 0.5) is 5.69 Å². The Balaban J connectivity index is 2.06. The molecule has 1 fully saturated rings. The minimum atomic E-state index is 0.384. The Kier molecular flexibility index (Phi) is 4.87. The fraction of sp³-hybridized carbons (Fsp3) is 0.647. The van der Waals surface area contributed by atoms with Gasteiger partial charge in [-0.3, -0.25) is 0 Å². The van der Waals surface area contributed by atoms with Crippen molar-refractivity contribution in [3.8, 4) is 0 Å². The first kappa shape index (κ1) is 14.4. The second kappa shape index (κ2) is 6.42. The van der Waals surface area contributed by atoms with Crippen LogP contribution in [-0.2, 0) is 0 Å². The Morgan fingerprint density at radius 1 is 1.32 bits per heavy atom. The predicted molar refractivity (Wildman–Crippen MR) is 83.5 cm³/mol. The van der Waals surface area contributed by atoms with E-state index in [1.807, 2.05) is 0 Å². The highest BCUT2D eigenvalue weighted by Crippen LogP contribution is 2.29. The minimum Gasteiger partial charge on any atom is -0.371 e. The number of benzene rings is 1. The van der Waals surface area contributed by atoms with E-state index in [0.29, 0.717) is 12.0 Å². The molecule has 1 aliphatic rings. The van der Waals surface area contributed by atoms with Crippen molar-refractivity contribution in [1.82, 2.24) is 0 Å². The summed E-state index contributed by atoms with van der Waals surface area (Å²) in [6, 6.07) is 9.19. The third kappa shape index (κ3) is 3.73. The molecule has 1 aromatic carbocycles. The summed E-state index contributed by atoms with van der Waals surface area (Å²) in [5.74, 6) is 1.48. The summed E-state index contributed by atoms with van der Waals surface area (Å²) in [5, 5.41) is 0. The first-order valence-electron chi connectivity index (χ1n) is 7.67. The number of rotatable bonds is 4. The normalized spacial score (nSPS) is 27.3. The molecule has 1 aromatic rings. The molecule has 0 bridgehead atoms. The lowest BCUT2D eigenvalue weighted by Crippen LogP contribution is -2.43. The zero-order valence-corrected chi connectivity index (χ0v) is 12.6. The van der Waals surface area contributed by atoms with E-state index in [1.54, 1.807) is 0 Å². The minimum absolute atomic E-state index is 0.384. The summed E-state index contributed by atoms with van der Waals surface area (Å²) < 4.78 is 0. The molecule has 3 unspecified atom stereocenters. The standard InChI is InChI=1S/C17H28N2/c1-4-19(16-7-5-6-13(2)11-16)12-15-10-14(3)8-9-17(15)18/h5-7,11,14-15,17H,4,8-10,12,18H2,1-3H3. The van der Waals surface area contributed by atoms with Gasteiger partial charge in [-0.2, -0.15) is 0 Å². The van der Waals surface area contributed by atoms with Crippen LogP contribution in [0.5, 0.6) is 0 Å². The molecule has 3 atom stereocenters. The zero-order chi connectivity index (χ0) is 13.8. The quantitative estimate of drug-likeness (QED) is 0.896. The lowest BCUT2D eigenvalue weighted by Gasteiger charge is -2.37. The number of hydrogen-bond donors (Lipinski definition) is 1. The summed E-state index contributed by atoms with van der Waals surface area (Å²) in [6.07, 6.45) is 3.77. The first-order valence-corrected chi connectivity index (χ1v) is 7.67. The van der Waals surface area contributed by atoms with Crippen LogP contribution in [-0.4, -0.2) is 19.1 Å². The van der Waals surface area contributed by atoms with E-state index in [0.717, 1.165) is 19.0 Å². The van der Waals surface area contributed by atoms with Crippen molar-refractivity contribution in [3.05, 3.63) is 29.8 Å². The number of anilines is 1. The lowest BCUT2D eigenvalue weighted by molar-refractivity contribution is 0.248. The van der Waals surface area contributed by atoms with Gasteiger partial charge in [0.1, 0.15) is 0 Å². The SMILES string of the molecule is CCN(CC1CC(C)CCC1N)c1cccc(C)c1. The van der Waals surface area contributed by atoms with Crippen molar-refractivity contribution in [2.45, 2.75) is 46.1 Å². The fourth-order valence-corrected chi connectivity index (χ4v) is 3.26. The van der Waals surface area contributed by atoms with Gasteiger partial charge in [0.05, 0.1) is 0 Å². The molecule has 2 N–H and O–H groups in total. The van der Waals surface area contributed by atoms with Crippen molar-refractivity contribution < 1.29 is 0 Å². The maximum absolute atomic E-state index is 6.33. The molecule has 2 nitrogen and oxygen atoms in total. The zero-order valence-electron chi connectivity index (χ0n) is 12.6. The van der Waals surface area contributed by atoms with Crippen molar-refractivity contribution >= 4 is 5.69 Å². The summed E-state index contributed by atoms with van der Waals surface area (Å²) in [6.45, 7) is 8.92. The summed E-state index contributed by atoms with van der Waals surface area (Å²) >= 11 is 0. The van der Waals surface area contributed by atoms with Crippen LogP contribution >= 0.6 is 0 Å². The van der Waals surface area contributed by atoms with E-state index in [-0.39, 0.29) is 0 Å². The Morgan fingerprint density at radius 3 is 2.79 bits per heavy atom. The van der Waals surface area contributed by atoms with E-state index in [9.17, 15) is 0 Å². The molecule has 0 aromatic heterocycles. The molecule has 19 heavy (non-hydrogen) atoms. The van der Waals surface area contributed by atoms with Crippen LogP contribution < -0.4 is 10.6 Å². The molecule has 1 saturated carbocycles. The number of nitrogens with two attached hydrogens (primary N) is 1. The second-order valence-electron chi connectivity index (χ2n) is 6.22. The molecule has 0 spiro atoms. The maximum Gasteiger partial charge on any atom is 0.0368 e. The van der Waals surface area contributed by atoms with Gasteiger partial charge in [-0.25, -0.2) is 0 Å². The molecule has 1 aliphatic carbocycles. The van der Waals surface area contributed by atoms with Crippen molar-refractivity contribution in [2.75, 3.05) is 18.0 Å². The Labute approximate surface area is 118 Å². The predicted octanol–water partition coefficient (Wildman–Crippen LogP) is 3.58. The van der Waals surface area contributed by atoms with E-state index in [2.05, 4.69) is 49.9 Å². The molecule has 0 aliphatic heterocycles. The molecular weight excluding hydrogens is 232 g/mol. The third-order valence-corrected chi connectivity index (χ3v) is 4.51. The van der Waals surface area contributed by atoms with Gasteiger partial charge >= 0.3 is 0 Å². The van der Waals surface area contributed by atoms with Gasteiger partial charge < -0.3 is 10.6 Å². The average molecular weight is 260 g/mol. The molecule has 106 valence electrons. The van der Waals surface area contributed by atoms with Crippen LogP contribution in [0, 0.1) is 18.8 Å². The Morgan fingerprint density at radius 2 is 2.11 bits per heavy atom. The largest absolute Gasteiger partial charge is 0.371 e. The smallest absolute Gasteiger partial charge is 0.0368 e. The second-order valence-corrected chi connectivity index (χ2v) is 6.22. The highest BCUT2D eigenvalue weighted by Gasteiger charge is 2.27. The highest BCUT2D eigenvalue weighted by molar-refractivity contribution is 5.48. The van der Waals surface area contributed by atoms with Gasteiger partial charge in [-0.05, 0) is 62.6 Å². The molecule has 2 rings (SSSR count).